The number of aryl methyl sites for hydroxylation is 1. The average Bonchev–Trinajstić information content (AvgIpc) is 2.98. The van der Waals surface area contributed by atoms with Gasteiger partial charge in [-0.05, 0) is 50.2 Å². The third-order valence-electron chi connectivity index (χ3n) is 4.59. The van der Waals surface area contributed by atoms with E-state index in [4.69, 9.17) is 4.52 Å². The molecule has 0 radical (unpaired) electrons. The predicted molar refractivity (Wildman–Crippen MR) is 81.1 cm³/mol. The van der Waals surface area contributed by atoms with Gasteiger partial charge in [-0.1, -0.05) is 24.6 Å². The van der Waals surface area contributed by atoms with Crippen molar-refractivity contribution in [2.45, 2.75) is 58.3 Å². The molecule has 3 rings (SSSR count). The smallest absolute Gasteiger partial charge is 0.229 e. The monoisotopic (exact) mass is 285 g/mol. The van der Waals surface area contributed by atoms with Gasteiger partial charge in [0.25, 0.3) is 0 Å². The topological polar surface area (TPSA) is 51.8 Å². The Balaban J connectivity index is 1.62. The summed E-state index contributed by atoms with van der Waals surface area (Å²) in [6.07, 6.45) is 8.83. The molecule has 1 aliphatic rings. The van der Waals surface area contributed by atoms with Crippen LogP contribution in [0.5, 0.6) is 0 Å². The Kier molecular flexibility index (Phi) is 4.32. The van der Waals surface area contributed by atoms with Gasteiger partial charge in [0.05, 0.1) is 0 Å². The normalized spacial score (nSPS) is 22.4. The summed E-state index contributed by atoms with van der Waals surface area (Å²) < 4.78 is 5.49. The van der Waals surface area contributed by atoms with E-state index >= 15 is 0 Å². The van der Waals surface area contributed by atoms with Crippen LogP contribution >= 0.6 is 0 Å². The Morgan fingerprint density at radius 1 is 1.19 bits per heavy atom. The zero-order valence-corrected chi connectivity index (χ0v) is 12.9. The maximum Gasteiger partial charge on any atom is 0.229 e. The number of hydrogen-bond acceptors (Lipinski definition) is 4. The number of aromatic nitrogens is 3. The summed E-state index contributed by atoms with van der Waals surface area (Å²) in [5.74, 6) is 2.96. The van der Waals surface area contributed by atoms with E-state index in [-0.39, 0.29) is 0 Å². The summed E-state index contributed by atoms with van der Waals surface area (Å²) in [6.45, 7) is 4.27. The molecule has 0 N–H and O–H groups in total. The van der Waals surface area contributed by atoms with Gasteiger partial charge >= 0.3 is 0 Å². The van der Waals surface area contributed by atoms with Crippen molar-refractivity contribution in [3.8, 4) is 0 Å². The SMILES string of the molecule is CCC1CCC(c2nc(Cc3ccc(C)nc3)no2)CC1. The fraction of sp³-hybridized carbons (Fsp3) is 0.588. The largest absolute Gasteiger partial charge is 0.339 e. The standard InChI is InChI=1S/C17H23N3O/c1-3-13-6-8-15(9-7-13)17-19-16(20-21-17)10-14-5-4-12(2)18-11-14/h4-5,11,13,15H,3,6-10H2,1-2H3. The van der Waals surface area contributed by atoms with Crippen LogP contribution in [0.3, 0.4) is 0 Å². The minimum absolute atomic E-state index is 0.463. The van der Waals surface area contributed by atoms with Gasteiger partial charge in [0.15, 0.2) is 5.82 Å². The minimum Gasteiger partial charge on any atom is -0.339 e. The molecule has 21 heavy (non-hydrogen) atoms. The quantitative estimate of drug-likeness (QED) is 0.850. The van der Waals surface area contributed by atoms with Gasteiger partial charge in [-0.3, -0.25) is 4.98 Å². The molecule has 2 heterocycles. The first-order chi connectivity index (χ1) is 10.2. The molecule has 2 aromatic heterocycles. The van der Waals surface area contributed by atoms with E-state index < -0.39 is 0 Å². The highest BCUT2D eigenvalue weighted by molar-refractivity contribution is 5.17. The lowest BCUT2D eigenvalue weighted by atomic mass is 9.81. The Hall–Kier alpha value is -1.71. The van der Waals surface area contributed by atoms with Crippen molar-refractivity contribution in [1.29, 1.82) is 0 Å². The Labute approximate surface area is 126 Å². The van der Waals surface area contributed by atoms with Crippen molar-refractivity contribution in [3.05, 3.63) is 41.3 Å². The molecule has 1 aliphatic carbocycles. The number of pyridine rings is 1. The second-order valence-corrected chi connectivity index (χ2v) is 6.16. The molecule has 0 saturated heterocycles. The minimum atomic E-state index is 0.463. The maximum absolute atomic E-state index is 5.49. The van der Waals surface area contributed by atoms with Gasteiger partial charge in [-0.2, -0.15) is 4.98 Å². The summed E-state index contributed by atoms with van der Waals surface area (Å²) in [6, 6.07) is 4.09. The van der Waals surface area contributed by atoms with Crippen LogP contribution in [0.25, 0.3) is 0 Å². The van der Waals surface area contributed by atoms with Crippen molar-refractivity contribution in [2.75, 3.05) is 0 Å². The zero-order valence-electron chi connectivity index (χ0n) is 12.9. The first-order valence-corrected chi connectivity index (χ1v) is 7.98. The molecule has 2 aromatic rings. The molecule has 112 valence electrons. The summed E-state index contributed by atoms with van der Waals surface area (Å²) in [4.78, 5) is 8.90. The lowest BCUT2D eigenvalue weighted by molar-refractivity contribution is 0.267. The van der Waals surface area contributed by atoms with Crippen LogP contribution in [0.4, 0.5) is 0 Å². The van der Waals surface area contributed by atoms with Gasteiger partial charge in [0, 0.05) is 24.2 Å². The molecule has 0 bridgehead atoms. The van der Waals surface area contributed by atoms with E-state index in [1.165, 1.54) is 32.1 Å². The van der Waals surface area contributed by atoms with Gasteiger partial charge in [-0.25, -0.2) is 0 Å². The molecule has 0 amide bonds. The van der Waals surface area contributed by atoms with Gasteiger partial charge in [0.1, 0.15) is 0 Å². The highest BCUT2D eigenvalue weighted by Gasteiger charge is 2.25. The van der Waals surface area contributed by atoms with E-state index in [1.54, 1.807) is 0 Å². The Morgan fingerprint density at radius 2 is 2.00 bits per heavy atom. The summed E-state index contributed by atoms with van der Waals surface area (Å²) in [5.41, 5.74) is 2.16. The van der Waals surface area contributed by atoms with Crippen LogP contribution in [0, 0.1) is 12.8 Å². The summed E-state index contributed by atoms with van der Waals surface area (Å²) in [7, 11) is 0. The Bertz CT molecular complexity index is 568. The molecule has 1 fully saturated rings. The molecular weight excluding hydrogens is 262 g/mol. The second kappa shape index (κ2) is 6.37. The number of nitrogens with zero attached hydrogens (tertiary/aromatic N) is 3. The lowest BCUT2D eigenvalue weighted by Crippen LogP contribution is -2.12. The van der Waals surface area contributed by atoms with Crippen LogP contribution in [-0.2, 0) is 6.42 Å². The predicted octanol–water partition coefficient (Wildman–Crippen LogP) is 4.05. The van der Waals surface area contributed by atoms with Gasteiger partial charge in [-0.15, -0.1) is 0 Å². The molecule has 0 aromatic carbocycles. The maximum atomic E-state index is 5.49. The lowest BCUT2D eigenvalue weighted by Gasteiger charge is -2.25. The van der Waals surface area contributed by atoms with E-state index in [9.17, 15) is 0 Å². The molecule has 4 heteroatoms. The van der Waals surface area contributed by atoms with Crippen LogP contribution in [0.2, 0.25) is 0 Å². The van der Waals surface area contributed by atoms with Crippen molar-refractivity contribution in [3.63, 3.8) is 0 Å². The fourth-order valence-electron chi connectivity index (χ4n) is 3.11. The highest BCUT2D eigenvalue weighted by atomic mass is 16.5. The fourth-order valence-corrected chi connectivity index (χ4v) is 3.11. The third-order valence-corrected chi connectivity index (χ3v) is 4.59. The van der Waals surface area contributed by atoms with Crippen LogP contribution in [0.15, 0.2) is 22.9 Å². The number of rotatable bonds is 4. The molecule has 0 unspecified atom stereocenters. The Morgan fingerprint density at radius 3 is 2.67 bits per heavy atom. The first-order valence-electron chi connectivity index (χ1n) is 7.98. The summed E-state index contributed by atoms with van der Waals surface area (Å²) in [5, 5.41) is 4.13. The van der Waals surface area contributed by atoms with Crippen molar-refractivity contribution in [2.24, 2.45) is 5.92 Å². The highest BCUT2D eigenvalue weighted by Crippen LogP contribution is 2.36. The third kappa shape index (κ3) is 3.49. The second-order valence-electron chi connectivity index (χ2n) is 6.16. The molecule has 4 nitrogen and oxygen atoms in total. The van der Waals surface area contributed by atoms with Crippen LogP contribution in [0.1, 0.15) is 67.9 Å². The van der Waals surface area contributed by atoms with Gasteiger partial charge < -0.3 is 4.52 Å². The zero-order chi connectivity index (χ0) is 14.7. The molecule has 1 saturated carbocycles. The van der Waals surface area contributed by atoms with Crippen LogP contribution < -0.4 is 0 Å². The molecule has 0 atom stereocenters. The molecule has 0 spiro atoms. The first kappa shape index (κ1) is 14.2. The number of hydrogen-bond donors (Lipinski definition) is 0. The van der Waals surface area contributed by atoms with E-state index in [0.717, 1.165) is 28.9 Å². The van der Waals surface area contributed by atoms with E-state index in [0.29, 0.717) is 12.3 Å². The van der Waals surface area contributed by atoms with Crippen molar-refractivity contribution in [1.82, 2.24) is 15.1 Å². The summed E-state index contributed by atoms with van der Waals surface area (Å²) >= 11 is 0. The van der Waals surface area contributed by atoms with E-state index in [2.05, 4.69) is 28.1 Å². The van der Waals surface area contributed by atoms with Crippen molar-refractivity contribution < 1.29 is 4.52 Å². The average molecular weight is 285 g/mol. The molecular formula is C17H23N3O. The van der Waals surface area contributed by atoms with Crippen LogP contribution in [-0.4, -0.2) is 15.1 Å². The van der Waals surface area contributed by atoms with Crippen molar-refractivity contribution >= 4 is 0 Å². The van der Waals surface area contributed by atoms with Gasteiger partial charge in [0.2, 0.25) is 5.89 Å². The van der Waals surface area contributed by atoms with E-state index in [1.807, 2.05) is 19.2 Å². The molecule has 0 aliphatic heterocycles.